The summed E-state index contributed by atoms with van der Waals surface area (Å²) >= 11 is 0. The van der Waals surface area contributed by atoms with Crippen molar-refractivity contribution in [3.63, 3.8) is 0 Å². The Morgan fingerprint density at radius 2 is 1.77 bits per heavy atom. The van der Waals surface area contributed by atoms with Gasteiger partial charge in [-0.25, -0.2) is 4.98 Å². The molecule has 0 unspecified atom stereocenters. The lowest BCUT2D eigenvalue weighted by molar-refractivity contribution is 0.288. The second kappa shape index (κ2) is 15.2. The lowest BCUT2D eigenvalue weighted by Crippen LogP contribution is -2.11. The summed E-state index contributed by atoms with van der Waals surface area (Å²) in [4.78, 5) is 4.45. The van der Waals surface area contributed by atoms with Crippen molar-refractivity contribution in [2.45, 2.75) is 110 Å². The third kappa shape index (κ3) is 11.1. The highest BCUT2D eigenvalue weighted by Gasteiger charge is 2.20. The van der Waals surface area contributed by atoms with Crippen LogP contribution in [0.2, 0.25) is 6.04 Å². The van der Waals surface area contributed by atoms with E-state index in [0.717, 1.165) is 29.6 Å². The van der Waals surface area contributed by atoms with Gasteiger partial charge in [0.1, 0.15) is 0 Å². The standard InChI is InChI=1S/C29H45N3O2Si/c1-4-5-19-29(2,3)20-9-11-23-35-34-28-25(14-12-21-30-28)26-17-18-27(32-31-26)33-22-10-7-6-8-13-24-15-16-24/h12,14,17-18,21,24H,4-11,13,15-16,19-20,22-23H2,1-3H3. The molecule has 0 atom stereocenters. The van der Waals surface area contributed by atoms with Crippen LogP contribution in [0.5, 0.6) is 11.8 Å². The average molecular weight is 496 g/mol. The quantitative estimate of drug-likeness (QED) is 0.146. The van der Waals surface area contributed by atoms with E-state index in [-0.39, 0.29) is 0 Å². The molecule has 192 valence electrons. The molecule has 0 saturated heterocycles. The van der Waals surface area contributed by atoms with E-state index in [4.69, 9.17) is 9.16 Å². The van der Waals surface area contributed by atoms with Crippen molar-refractivity contribution < 1.29 is 9.16 Å². The average Bonchev–Trinajstić information content (AvgIpc) is 3.69. The molecule has 3 rings (SSSR count). The molecule has 1 aliphatic rings. The van der Waals surface area contributed by atoms with Crippen LogP contribution in [0.1, 0.15) is 104 Å². The Morgan fingerprint density at radius 3 is 2.54 bits per heavy atom. The first kappa shape index (κ1) is 27.6. The predicted molar refractivity (Wildman–Crippen MR) is 145 cm³/mol. The van der Waals surface area contributed by atoms with Gasteiger partial charge in [-0.1, -0.05) is 85.0 Å². The Hall–Kier alpha value is -1.95. The first-order valence-electron chi connectivity index (χ1n) is 13.9. The maximum atomic E-state index is 6.07. The minimum Gasteiger partial charge on any atom is -0.528 e. The summed E-state index contributed by atoms with van der Waals surface area (Å²) in [5.74, 6) is 2.27. The third-order valence-corrected chi connectivity index (χ3v) is 7.79. The zero-order valence-electron chi connectivity index (χ0n) is 22.2. The fourth-order valence-corrected chi connectivity index (χ4v) is 5.18. The van der Waals surface area contributed by atoms with Gasteiger partial charge in [-0.3, -0.25) is 0 Å². The molecule has 1 fully saturated rings. The van der Waals surface area contributed by atoms with E-state index in [2.05, 4.69) is 36.0 Å². The number of rotatable bonds is 19. The molecule has 6 heteroatoms. The summed E-state index contributed by atoms with van der Waals surface area (Å²) in [5.41, 5.74) is 2.11. The molecule has 0 amide bonds. The molecule has 2 radical (unpaired) electrons. The molecule has 1 saturated carbocycles. The fourth-order valence-electron chi connectivity index (χ4n) is 4.38. The number of pyridine rings is 1. The van der Waals surface area contributed by atoms with Gasteiger partial charge in [0.05, 0.1) is 17.9 Å². The van der Waals surface area contributed by atoms with Crippen LogP contribution >= 0.6 is 0 Å². The summed E-state index contributed by atoms with van der Waals surface area (Å²) in [5, 5.41) is 8.65. The molecule has 2 aromatic heterocycles. The van der Waals surface area contributed by atoms with E-state index >= 15 is 0 Å². The second-order valence-electron chi connectivity index (χ2n) is 10.8. The first-order valence-corrected chi connectivity index (χ1v) is 15.0. The lowest BCUT2D eigenvalue weighted by Gasteiger charge is -2.24. The van der Waals surface area contributed by atoms with Crippen molar-refractivity contribution in [2.24, 2.45) is 11.3 Å². The highest BCUT2D eigenvalue weighted by atomic mass is 28.2. The summed E-state index contributed by atoms with van der Waals surface area (Å²) in [6.07, 6.45) is 18.8. The minimum absolute atomic E-state index is 0.409. The number of unbranched alkanes of at least 4 members (excludes halogenated alkanes) is 5. The molecule has 0 bridgehead atoms. The molecule has 1 aliphatic carbocycles. The van der Waals surface area contributed by atoms with Crippen LogP contribution in [-0.2, 0) is 0 Å². The van der Waals surface area contributed by atoms with Crippen LogP contribution < -0.4 is 9.16 Å². The highest BCUT2D eigenvalue weighted by Crippen LogP contribution is 2.34. The molecule has 2 aromatic rings. The molecule has 35 heavy (non-hydrogen) atoms. The van der Waals surface area contributed by atoms with E-state index in [1.165, 1.54) is 77.0 Å². The zero-order valence-corrected chi connectivity index (χ0v) is 23.2. The summed E-state index contributed by atoms with van der Waals surface area (Å²) in [6, 6.07) is 8.82. The fraction of sp³-hybridized carbons (Fsp3) is 0.690. The lowest BCUT2D eigenvalue weighted by atomic mass is 9.82. The van der Waals surface area contributed by atoms with Crippen LogP contribution in [0.4, 0.5) is 0 Å². The Labute approximate surface area is 215 Å². The van der Waals surface area contributed by atoms with Gasteiger partial charge in [0.25, 0.3) is 0 Å². The molecule has 2 heterocycles. The Kier molecular flexibility index (Phi) is 12.0. The highest BCUT2D eigenvalue weighted by molar-refractivity contribution is 6.28. The number of hydrogen-bond acceptors (Lipinski definition) is 5. The van der Waals surface area contributed by atoms with Gasteiger partial charge >= 0.3 is 9.76 Å². The van der Waals surface area contributed by atoms with Crippen molar-refractivity contribution in [1.29, 1.82) is 0 Å². The third-order valence-electron chi connectivity index (χ3n) is 6.90. The maximum Gasteiger partial charge on any atom is 0.312 e. The largest absolute Gasteiger partial charge is 0.528 e. The molecule has 0 aliphatic heterocycles. The minimum atomic E-state index is 0.409. The Morgan fingerprint density at radius 1 is 0.943 bits per heavy atom. The molecule has 0 N–H and O–H groups in total. The molecule has 0 spiro atoms. The Bertz CT molecular complexity index is 840. The Balaban J connectivity index is 1.35. The van der Waals surface area contributed by atoms with E-state index in [0.29, 0.717) is 33.5 Å². The van der Waals surface area contributed by atoms with Crippen molar-refractivity contribution in [1.82, 2.24) is 15.2 Å². The van der Waals surface area contributed by atoms with Crippen LogP contribution in [0.3, 0.4) is 0 Å². The van der Waals surface area contributed by atoms with Gasteiger partial charge in [-0.05, 0) is 54.8 Å². The number of nitrogens with zero attached hydrogens (tertiary/aromatic N) is 3. The van der Waals surface area contributed by atoms with Crippen LogP contribution in [0.25, 0.3) is 11.3 Å². The zero-order chi connectivity index (χ0) is 24.8. The number of ether oxygens (including phenoxy) is 1. The maximum absolute atomic E-state index is 6.07. The van der Waals surface area contributed by atoms with Crippen molar-refractivity contribution in [2.75, 3.05) is 6.61 Å². The van der Waals surface area contributed by atoms with Gasteiger partial charge in [0, 0.05) is 12.3 Å². The van der Waals surface area contributed by atoms with Crippen LogP contribution in [-0.4, -0.2) is 31.6 Å². The van der Waals surface area contributed by atoms with E-state index in [9.17, 15) is 0 Å². The molecular formula is C29H45N3O2Si. The van der Waals surface area contributed by atoms with Crippen molar-refractivity contribution in [3.05, 3.63) is 30.5 Å². The van der Waals surface area contributed by atoms with Gasteiger partial charge in [-0.15, -0.1) is 10.2 Å². The van der Waals surface area contributed by atoms with Crippen molar-refractivity contribution >= 4 is 9.76 Å². The van der Waals surface area contributed by atoms with E-state index in [1.54, 1.807) is 6.20 Å². The molecule has 5 nitrogen and oxygen atoms in total. The van der Waals surface area contributed by atoms with Gasteiger partial charge in [0.15, 0.2) is 0 Å². The topological polar surface area (TPSA) is 57.1 Å². The SMILES string of the molecule is CCCCC(C)(C)CCCC[Si]Oc1ncccc1-c1ccc(OCCCCCCC2CC2)nn1. The van der Waals surface area contributed by atoms with Gasteiger partial charge in [0.2, 0.25) is 11.8 Å². The second-order valence-corrected chi connectivity index (χ2v) is 11.8. The number of aromatic nitrogens is 3. The predicted octanol–water partition coefficient (Wildman–Crippen LogP) is 8.08. The normalized spacial score (nSPS) is 13.7. The smallest absolute Gasteiger partial charge is 0.312 e. The van der Waals surface area contributed by atoms with Gasteiger partial charge < -0.3 is 9.16 Å². The van der Waals surface area contributed by atoms with Crippen LogP contribution in [0.15, 0.2) is 30.5 Å². The monoisotopic (exact) mass is 495 g/mol. The molecular weight excluding hydrogens is 450 g/mol. The summed E-state index contributed by atoms with van der Waals surface area (Å²) in [7, 11) is 0.409. The summed E-state index contributed by atoms with van der Waals surface area (Å²) < 4.78 is 11.9. The molecule has 0 aromatic carbocycles. The van der Waals surface area contributed by atoms with Gasteiger partial charge in [-0.2, -0.15) is 0 Å². The number of hydrogen-bond donors (Lipinski definition) is 0. The van der Waals surface area contributed by atoms with Crippen LogP contribution in [0, 0.1) is 11.3 Å². The van der Waals surface area contributed by atoms with E-state index in [1.807, 2.05) is 24.3 Å². The summed E-state index contributed by atoms with van der Waals surface area (Å²) in [6.45, 7) is 7.77. The first-order chi connectivity index (χ1) is 17.1. The van der Waals surface area contributed by atoms with E-state index < -0.39 is 0 Å². The van der Waals surface area contributed by atoms with Crippen molar-refractivity contribution in [3.8, 4) is 23.0 Å².